The van der Waals surface area contributed by atoms with Gasteiger partial charge in [-0.2, -0.15) is 5.26 Å². The molecule has 0 bridgehead atoms. The molecule has 0 amide bonds. The number of halogens is 1. The monoisotopic (exact) mass is 374 g/mol. The molecule has 1 fully saturated rings. The first-order valence-electron chi connectivity index (χ1n) is 8.20. The first-order chi connectivity index (χ1) is 12.0. The summed E-state index contributed by atoms with van der Waals surface area (Å²) in [6, 6.07) is 18.0. The van der Waals surface area contributed by atoms with Gasteiger partial charge < -0.3 is 0 Å². The Morgan fingerprint density at radius 1 is 1.08 bits per heavy atom. The van der Waals surface area contributed by atoms with Crippen LogP contribution in [0, 0.1) is 11.3 Å². The third-order valence-electron chi connectivity index (χ3n) is 4.81. The third kappa shape index (κ3) is 3.87. The van der Waals surface area contributed by atoms with Crippen LogP contribution < -0.4 is 4.72 Å². The first-order valence-corrected chi connectivity index (χ1v) is 10.1. The Hall–Kier alpha value is -1.87. The van der Waals surface area contributed by atoms with Gasteiger partial charge in [0.05, 0.1) is 16.4 Å². The second-order valence-electron chi connectivity index (χ2n) is 6.41. The van der Waals surface area contributed by atoms with E-state index in [1.165, 1.54) is 0 Å². The molecular formula is C19H19ClN2O2S. The molecule has 4 nitrogen and oxygen atoms in total. The van der Waals surface area contributed by atoms with Crippen LogP contribution in [0.4, 0.5) is 0 Å². The van der Waals surface area contributed by atoms with Crippen molar-refractivity contribution in [1.82, 2.24) is 4.72 Å². The minimum atomic E-state index is -3.53. The average molecular weight is 375 g/mol. The van der Waals surface area contributed by atoms with Gasteiger partial charge in [-0.25, -0.2) is 13.1 Å². The van der Waals surface area contributed by atoms with E-state index in [2.05, 4.69) is 10.8 Å². The highest BCUT2D eigenvalue weighted by Gasteiger charge is 2.38. The number of hydrogen-bond acceptors (Lipinski definition) is 3. The van der Waals surface area contributed by atoms with Gasteiger partial charge in [0.15, 0.2) is 0 Å². The molecule has 25 heavy (non-hydrogen) atoms. The van der Waals surface area contributed by atoms with Gasteiger partial charge in [-0.3, -0.25) is 0 Å². The predicted octanol–water partition coefficient (Wildman–Crippen LogP) is 4.02. The summed E-state index contributed by atoms with van der Waals surface area (Å²) in [6.45, 7) is 0. The van der Waals surface area contributed by atoms with E-state index in [1.54, 1.807) is 36.4 Å². The van der Waals surface area contributed by atoms with Crippen LogP contribution in [0.25, 0.3) is 0 Å². The maximum atomic E-state index is 12.5. The molecule has 0 aromatic heterocycles. The molecule has 6 heteroatoms. The van der Waals surface area contributed by atoms with E-state index in [4.69, 9.17) is 11.6 Å². The van der Waals surface area contributed by atoms with Gasteiger partial charge in [0.2, 0.25) is 10.0 Å². The molecule has 1 aliphatic rings. The van der Waals surface area contributed by atoms with E-state index in [9.17, 15) is 13.7 Å². The summed E-state index contributed by atoms with van der Waals surface area (Å²) in [5.41, 5.74) is 0.312. The number of sulfonamides is 1. The summed E-state index contributed by atoms with van der Waals surface area (Å²) in [4.78, 5) is 0.266. The standard InChI is InChI=1S/C19H19ClN2O2S/c20-16-6-4-5-15(13-16)19(14-21)11-9-17(10-12-19)22-25(23,24)18-7-2-1-3-8-18/h1-8,13,17,22H,9-12H2/t17-,19+. The van der Waals surface area contributed by atoms with Crippen molar-refractivity contribution in [3.8, 4) is 6.07 Å². The quantitative estimate of drug-likeness (QED) is 0.878. The summed E-state index contributed by atoms with van der Waals surface area (Å²) in [7, 11) is -3.53. The topological polar surface area (TPSA) is 70.0 Å². The normalized spacial score (nSPS) is 23.8. The molecule has 2 aromatic carbocycles. The molecule has 1 saturated carbocycles. The number of nitrogens with one attached hydrogen (secondary N) is 1. The average Bonchev–Trinajstić information content (AvgIpc) is 2.63. The summed E-state index contributed by atoms with van der Waals surface area (Å²) in [5, 5.41) is 10.4. The Morgan fingerprint density at radius 2 is 1.76 bits per heavy atom. The lowest BCUT2D eigenvalue weighted by Gasteiger charge is -2.35. The minimum absolute atomic E-state index is 0.161. The number of hydrogen-bond donors (Lipinski definition) is 1. The van der Waals surface area contributed by atoms with Gasteiger partial charge >= 0.3 is 0 Å². The van der Waals surface area contributed by atoms with Crippen molar-refractivity contribution in [1.29, 1.82) is 5.26 Å². The van der Waals surface area contributed by atoms with E-state index in [-0.39, 0.29) is 10.9 Å². The Bertz CT molecular complexity index is 883. The zero-order chi connectivity index (χ0) is 17.9. The SMILES string of the molecule is N#C[C@]1(c2cccc(Cl)c2)CC[C@@H](NS(=O)(=O)c2ccccc2)CC1. The highest BCUT2D eigenvalue weighted by Crippen LogP contribution is 2.40. The van der Waals surface area contributed by atoms with Crippen LogP contribution in [0.3, 0.4) is 0 Å². The zero-order valence-electron chi connectivity index (χ0n) is 13.7. The summed E-state index contributed by atoms with van der Waals surface area (Å²) in [5.74, 6) is 0. The lowest BCUT2D eigenvalue weighted by molar-refractivity contribution is 0.318. The molecular weight excluding hydrogens is 356 g/mol. The molecule has 3 rings (SSSR count). The highest BCUT2D eigenvalue weighted by molar-refractivity contribution is 7.89. The van der Waals surface area contributed by atoms with E-state index >= 15 is 0 Å². The zero-order valence-corrected chi connectivity index (χ0v) is 15.2. The van der Waals surface area contributed by atoms with Gasteiger partial charge in [-0.1, -0.05) is 41.9 Å². The molecule has 0 unspecified atom stereocenters. The summed E-state index contributed by atoms with van der Waals surface area (Å²) < 4.78 is 27.7. The predicted molar refractivity (Wildman–Crippen MR) is 97.8 cm³/mol. The smallest absolute Gasteiger partial charge is 0.208 e. The molecule has 0 radical (unpaired) electrons. The molecule has 2 aromatic rings. The van der Waals surface area contributed by atoms with E-state index < -0.39 is 15.4 Å². The lowest BCUT2D eigenvalue weighted by atomic mass is 9.69. The fourth-order valence-electron chi connectivity index (χ4n) is 3.37. The van der Waals surface area contributed by atoms with Crippen LogP contribution in [-0.4, -0.2) is 14.5 Å². The summed E-state index contributed by atoms with van der Waals surface area (Å²) >= 11 is 6.07. The maximum absolute atomic E-state index is 12.5. The van der Waals surface area contributed by atoms with Gasteiger partial charge in [0, 0.05) is 11.1 Å². The van der Waals surface area contributed by atoms with Crippen molar-refractivity contribution < 1.29 is 8.42 Å². The molecule has 1 N–H and O–H groups in total. The molecule has 0 atom stereocenters. The van der Waals surface area contributed by atoms with Gasteiger partial charge in [-0.15, -0.1) is 0 Å². The highest BCUT2D eigenvalue weighted by atomic mass is 35.5. The molecule has 0 spiro atoms. The van der Waals surface area contributed by atoms with E-state index in [1.807, 2.05) is 18.2 Å². The van der Waals surface area contributed by atoms with Crippen LogP contribution in [0.5, 0.6) is 0 Å². The van der Waals surface area contributed by atoms with Gasteiger partial charge in [-0.05, 0) is 55.5 Å². The van der Waals surface area contributed by atoms with Crippen molar-refractivity contribution in [3.05, 3.63) is 65.2 Å². The third-order valence-corrected chi connectivity index (χ3v) is 6.58. The second-order valence-corrected chi connectivity index (χ2v) is 8.56. The lowest BCUT2D eigenvalue weighted by Crippen LogP contribution is -2.41. The summed E-state index contributed by atoms with van der Waals surface area (Å²) in [6.07, 6.45) is 2.44. The Morgan fingerprint density at radius 3 is 2.36 bits per heavy atom. The van der Waals surface area contributed by atoms with E-state index in [0.717, 1.165) is 5.56 Å². The van der Waals surface area contributed by atoms with Gasteiger partial charge in [0.25, 0.3) is 0 Å². The number of nitriles is 1. The van der Waals surface area contributed by atoms with Crippen molar-refractivity contribution in [2.45, 2.75) is 42.0 Å². The number of rotatable bonds is 4. The van der Waals surface area contributed by atoms with Gasteiger partial charge in [0.1, 0.15) is 0 Å². The van der Waals surface area contributed by atoms with E-state index in [0.29, 0.717) is 30.7 Å². The van der Waals surface area contributed by atoms with Crippen molar-refractivity contribution in [3.63, 3.8) is 0 Å². The molecule has 130 valence electrons. The maximum Gasteiger partial charge on any atom is 0.240 e. The molecule has 0 saturated heterocycles. The second kappa shape index (κ2) is 7.17. The fraction of sp³-hybridized carbons (Fsp3) is 0.316. The van der Waals surface area contributed by atoms with Crippen LogP contribution in [0.1, 0.15) is 31.2 Å². The fourth-order valence-corrected chi connectivity index (χ4v) is 4.88. The molecule has 0 heterocycles. The number of benzene rings is 2. The molecule has 0 aliphatic heterocycles. The van der Waals surface area contributed by atoms with Crippen LogP contribution >= 0.6 is 11.6 Å². The largest absolute Gasteiger partial charge is 0.240 e. The molecule has 1 aliphatic carbocycles. The first kappa shape index (κ1) is 17.9. The number of nitrogens with zero attached hydrogens (tertiary/aromatic N) is 1. The Labute approximate surface area is 153 Å². The van der Waals surface area contributed by atoms with Crippen LogP contribution in [0.15, 0.2) is 59.5 Å². The van der Waals surface area contributed by atoms with Crippen LogP contribution in [0.2, 0.25) is 5.02 Å². The van der Waals surface area contributed by atoms with Crippen molar-refractivity contribution >= 4 is 21.6 Å². The Kier molecular flexibility index (Phi) is 5.14. The minimum Gasteiger partial charge on any atom is -0.208 e. The van der Waals surface area contributed by atoms with Crippen LogP contribution in [-0.2, 0) is 15.4 Å². The van der Waals surface area contributed by atoms with Crippen molar-refractivity contribution in [2.75, 3.05) is 0 Å². The Balaban J connectivity index is 1.72. The van der Waals surface area contributed by atoms with Crippen molar-refractivity contribution in [2.24, 2.45) is 0 Å².